The molecular weight excluding hydrogens is 315 g/mol. The first-order valence-corrected chi connectivity index (χ1v) is 7.45. The van der Waals surface area contributed by atoms with Crippen LogP contribution in [-0.4, -0.2) is 29.8 Å². The van der Waals surface area contributed by atoms with Gasteiger partial charge in [-0.3, -0.25) is 4.98 Å². The maximum Gasteiger partial charge on any atom is 0.406 e. The number of aliphatic hydroxyl groups excluding tert-OH is 1. The van der Waals surface area contributed by atoms with Crippen molar-refractivity contribution in [2.24, 2.45) is 0 Å². The van der Waals surface area contributed by atoms with Crippen molar-refractivity contribution < 1.29 is 23.8 Å². The van der Waals surface area contributed by atoms with Gasteiger partial charge in [0.25, 0.3) is 0 Å². The van der Waals surface area contributed by atoms with Gasteiger partial charge in [0.2, 0.25) is 0 Å². The molecule has 0 spiro atoms. The highest BCUT2D eigenvalue weighted by atomic mass is 19.1. The summed E-state index contributed by atoms with van der Waals surface area (Å²) >= 11 is 0. The van der Waals surface area contributed by atoms with Crippen LogP contribution >= 0.6 is 0 Å². The number of hydrogen-bond acceptors (Lipinski definition) is 5. The molecule has 2 N–H and O–H groups in total. The summed E-state index contributed by atoms with van der Waals surface area (Å²) in [7, 11) is 1.48. The molecule has 0 bridgehead atoms. The molecule has 7 heteroatoms. The molecule has 0 aliphatic carbocycles. The van der Waals surface area contributed by atoms with E-state index in [1.807, 2.05) is 30.3 Å². The predicted octanol–water partition coefficient (Wildman–Crippen LogP) is 2.58. The highest BCUT2D eigenvalue weighted by Gasteiger charge is 2.16. The fraction of sp³-hybridized carbons (Fsp3) is 0.294. The van der Waals surface area contributed by atoms with Crippen LogP contribution < -0.4 is 10.1 Å². The molecule has 1 amide bonds. The summed E-state index contributed by atoms with van der Waals surface area (Å²) in [6.45, 7) is -0.335. The van der Waals surface area contributed by atoms with Gasteiger partial charge in [-0.15, -0.1) is 0 Å². The lowest BCUT2D eigenvalue weighted by atomic mass is 10.1. The number of aromatic nitrogens is 1. The standard InChI is InChI=1S/C17H19FN2O4/c1-19-17(22)23-8-7-16(12-5-3-2-4-6-12)24-13-9-14(18)15(11-21)20-10-13/h2-6,9-10,16,21H,7-8,11H2,1H3,(H,19,22)/t16-/m0/s1. The van der Waals surface area contributed by atoms with Gasteiger partial charge in [-0.25, -0.2) is 9.18 Å². The van der Waals surface area contributed by atoms with E-state index in [1.54, 1.807) is 0 Å². The second-order valence-corrected chi connectivity index (χ2v) is 4.95. The van der Waals surface area contributed by atoms with Crippen molar-refractivity contribution in [3.8, 4) is 5.75 Å². The van der Waals surface area contributed by atoms with Crippen LogP contribution in [0.5, 0.6) is 5.75 Å². The SMILES string of the molecule is CNC(=O)OCC[C@H](Oc1cnc(CO)c(F)c1)c1ccccc1. The zero-order valence-electron chi connectivity index (χ0n) is 13.2. The summed E-state index contributed by atoms with van der Waals surface area (Å²) in [5.41, 5.74) is 0.825. The van der Waals surface area contributed by atoms with Gasteiger partial charge >= 0.3 is 6.09 Å². The van der Waals surface area contributed by atoms with Crippen molar-refractivity contribution >= 4 is 6.09 Å². The number of rotatable bonds is 7. The molecule has 0 aliphatic rings. The van der Waals surface area contributed by atoms with Gasteiger partial charge in [-0.2, -0.15) is 0 Å². The van der Waals surface area contributed by atoms with Crippen LogP contribution in [0.2, 0.25) is 0 Å². The van der Waals surface area contributed by atoms with E-state index in [4.69, 9.17) is 14.6 Å². The molecule has 0 aliphatic heterocycles. The average molecular weight is 334 g/mol. The van der Waals surface area contributed by atoms with Crippen molar-refractivity contribution in [2.45, 2.75) is 19.1 Å². The first-order valence-electron chi connectivity index (χ1n) is 7.45. The summed E-state index contributed by atoms with van der Waals surface area (Å²) in [5.74, 6) is -0.401. The van der Waals surface area contributed by atoms with Crippen LogP contribution in [0.4, 0.5) is 9.18 Å². The minimum absolute atomic E-state index is 0.0402. The van der Waals surface area contributed by atoms with Crippen LogP contribution in [0.15, 0.2) is 42.6 Å². The van der Waals surface area contributed by atoms with Crippen molar-refractivity contribution in [2.75, 3.05) is 13.7 Å². The average Bonchev–Trinajstić information content (AvgIpc) is 2.61. The number of aliphatic hydroxyl groups is 1. The molecule has 1 aromatic carbocycles. The van der Waals surface area contributed by atoms with E-state index in [1.165, 1.54) is 19.3 Å². The largest absolute Gasteiger partial charge is 0.484 e. The van der Waals surface area contributed by atoms with Crippen LogP contribution in [0.1, 0.15) is 23.8 Å². The molecule has 128 valence electrons. The fourth-order valence-electron chi connectivity index (χ4n) is 2.09. The molecule has 0 saturated carbocycles. The van der Waals surface area contributed by atoms with Gasteiger partial charge in [0.15, 0.2) is 5.82 Å². The Kier molecular flexibility index (Phi) is 6.51. The van der Waals surface area contributed by atoms with Gasteiger partial charge in [-0.1, -0.05) is 30.3 Å². The van der Waals surface area contributed by atoms with Gasteiger partial charge in [0, 0.05) is 19.5 Å². The second kappa shape index (κ2) is 8.83. The van der Waals surface area contributed by atoms with Gasteiger partial charge in [0.1, 0.15) is 17.5 Å². The summed E-state index contributed by atoms with van der Waals surface area (Å²) in [5, 5.41) is 11.3. The molecule has 0 unspecified atom stereocenters. The topological polar surface area (TPSA) is 80.7 Å². The number of hydrogen-bond donors (Lipinski definition) is 2. The Hall–Kier alpha value is -2.67. The fourth-order valence-corrected chi connectivity index (χ4v) is 2.09. The van der Waals surface area contributed by atoms with Crippen LogP contribution in [-0.2, 0) is 11.3 Å². The number of alkyl carbamates (subject to hydrolysis) is 1. The van der Waals surface area contributed by atoms with E-state index in [0.29, 0.717) is 6.42 Å². The van der Waals surface area contributed by atoms with Gasteiger partial charge in [-0.05, 0) is 5.56 Å². The van der Waals surface area contributed by atoms with E-state index in [2.05, 4.69) is 10.3 Å². The molecule has 0 radical (unpaired) electrons. The molecule has 2 rings (SSSR count). The lowest BCUT2D eigenvalue weighted by Crippen LogP contribution is -2.21. The number of benzene rings is 1. The van der Waals surface area contributed by atoms with E-state index in [0.717, 1.165) is 5.56 Å². The molecule has 24 heavy (non-hydrogen) atoms. The number of carbonyl (C=O) groups is 1. The van der Waals surface area contributed by atoms with Crippen LogP contribution in [0.3, 0.4) is 0 Å². The second-order valence-electron chi connectivity index (χ2n) is 4.95. The minimum Gasteiger partial charge on any atom is -0.484 e. The molecule has 0 fully saturated rings. The highest BCUT2D eigenvalue weighted by Crippen LogP contribution is 2.25. The van der Waals surface area contributed by atoms with E-state index in [9.17, 15) is 9.18 Å². The van der Waals surface area contributed by atoms with Gasteiger partial charge in [0.05, 0.1) is 19.4 Å². The number of pyridine rings is 1. The first kappa shape index (κ1) is 17.7. The number of nitrogens with zero attached hydrogens (tertiary/aromatic N) is 1. The summed E-state index contributed by atoms with van der Waals surface area (Å²) in [6.07, 6.45) is 0.782. The third kappa shape index (κ3) is 4.92. The molecule has 2 aromatic rings. The Balaban J connectivity index is 2.10. The van der Waals surface area contributed by atoms with Gasteiger partial charge < -0.3 is 19.9 Å². The van der Waals surface area contributed by atoms with Crippen molar-refractivity contribution in [1.29, 1.82) is 0 Å². The van der Waals surface area contributed by atoms with E-state index in [-0.39, 0.29) is 18.1 Å². The third-order valence-corrected chi connectivity index (χ3v) is 3.31. The van der Waals surface area contributed by atoms with E-state index >= 15 is 0 Å². The molecule has 6 nitrogen and oxygen atoms in total. The first-order chi connectivity index (χ1) is 11.6. The molecule has 1 aromatic heterocycles. The summed E-state index contributed by atoms with van der Waals surface area (Å²) < 4.78 is 24.5. The Bertz CT molecular complexity index is 667. The monoisotopic (exact) mass is 334 g/mol. The Morgan fingerprint density at radius 3 is 2.75 bits per heavy atom. The Morgan fingerprint density at radius 2 is 2.12 bits per heavy atom. The molecule has 0 saturated heterocycles. The number of amides is 1. The number of ether oxygens (including phenoxy) is 2. The zero-order chi connectivity index (χ0) is 17.4. The van der Waals surface area contributed by atoms with Crippen molar-refractivity contribution in [3.63, 3.8) is 0 Å². The lowest BCUT2D eigenvalue weighted by molar-refractivity contribution is 0.117. The summed E-state index contributed by atoms with van der Waals surface area (Å²) in [6, 6.07) is 10.5. The number of halogens is 1. The maximum absolute atomic E-state index is 13.7. The molecule has 1 atom stereocenters. The lowest BCUT2D eigenvalue weighted by Gasteiger charge is -2.19. The van der Waals surface area contributed by atoms with E-state index < -0.39 is 24.6 Å². The zero-order valence-corrected chi connectivity index (χ0v) is 13.2. The Morgan fingerprint density at radius 1 is 1.38 bits per heavy atom. The maximum atomic E-state index is 13.7. The molecular formula is C17H19FN2O4. The normalized spacial score (nSPS) is 11.6. The smallest absolute Gasteiger partial charge is 0.406 e. The molecule has 1 heterocycles. The van der Waals surface area contributed by atoms with Crippen LogP contribution in [0.25, 0.3) is 0 Å². The van der Waals surface area contributed by atoms with Crippen molar-refractivity contribution in [1.82, 2.24) is 10.3 Å². The van der Waals surface area contributed by atoms with Crippen LogP contribution in [0, 0.1) is 5.82 Å². The number of carbonyl (C=O) groups excluding carboxylic acids is 1. The quantitative estimate of drug-likeness (QED) is 0.813. The summed E-state index contributed by atoms with van der Waals surface area (Å²) in [4.78, 5) is 15.0. The number of nitrogens with one attached hydrogen (secondary N) is 1. The Labute approximate surface area is 139 Å². The third-order valence-electron chi connectivity index (χ3n) is 3.31. The predicted molar refractivity (Wildman–Crippen MR) is 85.0 cm³/mol. The minimum atomic E-state index is -0.636. The highest BCUT2D eigenvalue weighted by molar-refractivity contribution is 5.66. The van der Waals surface area contributed by atoms with Crippen molar-refractivity contribution in [3.05, 3.63) is 59.7 Å².